The first-order valence-corrected chi connectivity index (χ1v) is 9.52. The lowest BCUT2D eigenvalue weighted by Crippen LogP contribution is -2.42. The van der Waals surface area contributed by atoms with Gasteiger partial charge in [0.05, 0.1) is 11.9 Å². The molecule has 124 valence electrons. The van der Waals surface area contributed by atoms with Crippen LogP contribution in [0.25, 0.3) is 0 Å². The zero-order valence-electron chi connectivity index (χ0n) is 13.2. The van der Waals surface area contributed by atoms with Crippen LogP contribution in [-0.4, -0.2) is 80.9 Å². The Kier molecular flexibility index (Phi) is 6.02. The summed E-state index contributed by atoms with van der Waals surface area (Å²) in [5.41, 5.74) is 0. The first-order chi connectivity index (χ1) is 9.88. The van der Waals surface area contributed by atoms with Crippen LogP contribution in [0.1, 0.15) is 25.7 Å². The van der Waals surface area contributed by atoms with Crippen LogP contribution in [0.3, 0.4) is 0 Å². The van der Waals surface area contributed by atoms with Crippen molar-refractivity contribution < 1.29 is 13.5 Å². The molecule has 2 fully saturated rings. The summed E-state index contributed by atoms with van der Waals surface area (Å²) in [6, 6.07) is -0.0898. The third-order valence-electron chi connectivity index (χ3n) is 4.52. The smallest absolute Gasteiger partial charge is 0.214 e. The number of aliphatic hydroxyl groups is 1. The summed E-state index contributed by atoms with van der Waals surface area (Å²) in [7, 11) is 0.609. The molecule has 2 unspecified atom stereocenters. The summed E-state index contributed by atoms with van der Waals surface area (Å²) in [4.78, 5) is 1.98. The third kappa shape index (κ3) is 4.89. The molecular formula is C14H29N3O3S. The molecule has 7 heteroatoms. The number of hydrogen-bond acceptors (Lipinski definition) is 5. The predicted octanol–water partition coefficient (Wildman–Crippen LogP) is -0.297. The summed E-state index contributed by atoms with van der Waals surface area (Å²) in [6.07, 6.45) is 2.90. The van der Waals surface area contributed by atoms with Gasteiger partial charge in [0.2, 0.25) is 10.0 Å². The van der Waals surface area contributed by atoms with Crippen molar-refractivity contribution in [1.82, 2.24) is 14.5 Å². The molecule has 2 rings (SSSR count). The average Bonchev–Trinajstić information content (AvgIpc) is 2.78. The van der Waals surface area contributed by atoms with Crippen LogP contribution >= 0.6 is 0 Å². The highest BCUT2D eigenvalue weighted by atomic mass is 32.2. The number of nitrogens with zero attached hydrogens (tertiary/aromatic N) is 2. The zero-order chi connectivity index (χ0) is 15.5. The van der Waals surface area contributed by atoms with Crippen molar-refractivity contribution in [2.75, 3.05) is 46.0 Å². The average molecular weight is 319 g/mol. The van der Waals surface area contributed by atoms with Crippen molar-refractivity contribution in [3.8, 4) is 0 Å². The number of rotatable bonds is 6. The number of sulfonamides is 1. The van der Waals surface area contributed by atoms with Crippen molar-refractivity contribution in [1.29, 1.82) is 0 Å². The molecule has 2 saturated heterocycles. The molecule has 0 spiro atoms. The summed E-state index contributed by atoms with van der Waals surface area (Å²) < 4.78 is 26.7. The van der Waals surface area contributed by atoms with Crippen molar-refractivity contribution in [3.63, 3.8) is 0 Å². The molecule has 0 bridgehead atoms. The van der Waals surface area contributed by atoms with Crippen molar-refractivity contribution in [2.45, 2.75) is 37.8 Å². The SMILES string of the molecule is CN(C)CC1CC(O)CN1S(=O)(=O)CCC1CCNCC1. The Morgan fingerprint density at radius 2 is 1.95 bits per heavy atom. The summed E-state index contributed by atoms with van der Waals surface area (Å²) in [6.45, 7) is 2.92. The maximum Gasteiger partial charge on any atom is 0.214 e. The number of piperidine rings is 1. The fourth-order valence-corrected chi connectivity index (χ4v) is 5.27. The van der Waals surface area contributed by atoms with E-state index < -0.39 is 16.1 Å². The second kappa shape index (κ2) is 7.37. The van der Waals surface area contributed by atoms with E-state index in [1.807, 2.05) is 19.0 Å². The van der Waals surface area contributed by atoms with Crippen LogP contribution in [0.2, 0.25) is 0 Å². The van der Waals surface area contributed by atoms with E-state index in [1.54, 1.807) is 4.31 Å². The molecule has 2 atom stereocenters. The lowest BCUT2D eigenvalue weighted by atomic mass is 9.96. The van der Waals surface area contributed by atoms with Gasteiger partial charge in [-0.3, -0.25) is 0 Å². The van der Waals surface area contributed by atoms with Crippen molar-refractivity contribution >= 4 is 10.0 Å². The van der Waals surface area contributed by atoms with Crippen LogP contribution < -0.4 is 5.32 Å². The van der Waals surface area contributed by atoms with Gasteiger partial charge in [-0.15, -0.1) is 0 Å². The van der Waals surface area contributed by atoms with E-state index >= 15 is 0 Å². The topological polar surface area (TPSA) is 72.9 Å². The summed E-state index contributed by atoms with van der Waals surface area (Å²) in [5, 5.41) is 13.1. The van der Waals surface area contributed by atoms with E-state index in [0.717, 1.165) is 32.4 Å². The van der Waals surface area contributed by atoms with Crippen LogP contribution in [0.4, 0.5) is 0 Å². The first kappa shape index (κ1) is 17.1. The number of likely N-dealkylation sites (N-methyl/N-ethyl adjacent to an activating group) is 1. The zero-order valence-corrected chi connectivity index (χ0v) is 14.0. The van der Waals surface area contributed by atoms with Gasteiger partial charge in [-0.2, -0.15) is 4.31 Å². The van der Waals surface area contributed by atoms with E-state index in [0.29, 0.717) is 18.9 Å². The molecule has 6 nitrogen and oxygen atoms in total. The molecule has 2 N–H and O–H groups in total. The van der Waals surface area contributed by atoms with Gasteiger partial charge in [-0.05, 0) is 58.8 Å². The molecule has 0 radical (unpaired) electrons. The lowest BCUT2D eigenvalue weighted by Gasteiger charge is -2.28. The van der Waals surface area contributed by atoms with Gasteiger partial charge < -0.3 is 15.3 Å². The van der Waals surface area contributed by atoms with Gasteiger partial charge in [0.25, 0.3) is 0 Å². The molecule has 2 aliphatic rings. The Labute approximate surface area is 128 Å². The highest BCUT2D eigenvalue weighted by Crippen LogP contribution is 2.25. The van der Waals surface area contributed by atoms with E-state index in [2.05, 4.69) is 5.32 Å². The summed E-state index contributed by atoms with van der Waals surface area (Å²) >= 11 is 0. The van der Waals surface area contributed by atoms with Gasteiger partial charge in [0.15, 0.2) is 0 Å². The van der Waals surface area contributed by atoms with Gasteiger partial charge in [-0.25, -0.2) is 8.42 Å². The van der Waals surface area contributed by atoms with Gasteiger partial charge in [0, 0.05) is 19.1 Å². The summed E-state index contributed by atoms with van der Waals surface area (Å²) in [5.74, 6) is 0.731. The minimum absolute atomic E-state index is 0.0898. The van der Waals surface area contributed by atoms with E-state index in [9.17, 15) is 13.5 Å². The Morgan fingerprint density at radius 3 is 2.57 bits per heavy atom. The van der Waals surface area contributed by atoms with E-state index in [1.165, 1.54) is 0 Å². The molecule has 0 amide bonds. The molecule has 21 heavy (non-hydrogen) atoms. The van der Waals surface area contributed by atoms with Crippen LogP contribution in [-0.2, 0) is 10.0 Å². The maximum absolute atomic E-state index is 12.6. The van der Waals surface area contributed by atoms with Crippen LogP contribution in [0.5, 0.6) is 0 Å². The largest absolute Gasteiger partial charge is 0.392 e. The fourth-order valence-electron chi connectivity index (χ4n) is 3.39. The predicted molar refractivity (Wildman–Crippen MR) is 83.7 cm³/mol. The Bertz CT molecular complexity index is 421. The van der Waals surface area contributed by atoms with Gasteiger partial charge in [0.1, 0.15) is 0 Å². The van der Waals surface area contributed by atoms with Crippen molar-refractivity contribution in [2.24, 2.45) is 5.92 Å². The minimum Gasteiger partial charge on any atom is -0.392 e. The number of aliphatic hydroxyl groups excluding tert-OH is 1. The molecule has 0 saturated carbocycles. The highest BCUT2D eigenvalue weighted by molar-refractivity contribution is 7.89. The fraction of sp³-hybridized carbons (Fsp3) is 1.00. The normalized spacial score (nSPS) is 29.3. The monoisotopic (exact) mass is 319 g/mol. The van der Waals surface area contributed by atoms with E-state index in [-0.39, 0.29) is 18.3 Å². The Morgan fingerprint density at radius 1 is 1.29 bits per heavy atom. The second-order valence-electron chi connectivity index (χ2n) is 6.67. The molecule has 0 aliphatic carbocycles. The Hall–Kier alpha value is -0.210. The molecule has 0 aromatic rings. The van der Waals surface area contributed by atoms with E-state index in [4.69, 9.17) is 0 Å². The number of hydrogen-bond donors (Lipinski definition) is 2. The van der Waals surface area contributed by atoms with Gasteiger partial charge >= 0.3 is 0 Å². The van der Waals surface area contributed by atoms with Gasteiger partial charge in [-0.1, -0.05) is 0 Å². The highest BCUT2D eigenvalue weighted by Gasteiger charge is 2.38. The standard InChI is InChI=1S/C14H29N3O3S/c1-16(2)10-13-9-14(18)11-17(13)21(19,20)8-5-12-3-6-15-7-4-12/h12-15,18H,3-11H2,1-2H3. The first-order valence-electron chi connectivity index (χ1n) is 7.91. The Balaban J connectivity index is 1.93. The number of β-amino-alcohol motifs (C(OH)–C–C–N with tert-alkyl or cyclic N) is 1. The molecule has 2 aliphatic heterocycles. The molecular weight excluding hydrogens is 290 g/mol. The second-order valence-corrected chi connectivity index (χ2v) is 8.71. The van der Waals surface area contributed by atoms with Crippen molar-refractivity contribution in [3.05, 3.63) is 0 Å². The number of nitrogens with one attached hydrogen (secondary N) is 1. The molecule has 2 heterocycles. The quantitative estimate of drug-likeness (QED) is 0.703. The van der Waals surface area contributed by atoms with Crippen LogP contribution in [0, 0.1) is 5.92 Å². The minimum atomic E-state index is -3.26. The molecule has 0 aromatic heterocycles. The third-order valence-corrected chi connectivity index (χ3v) is 6.43. The molecule has 0 aromatic carbocycles. The maximum atomic E-state index is 12.6. The lowest BCUT2D eigenvalue weighted by molar-refractivity contribution is 0.188. The van der Waals surface area contributed by atoms with Crippen LogP contribution in [0.15, 0.2) is 0 Å².